The molecule has 1 aliphatic heterocycles. The second-order valence-electron chi connectivity index (χ2n) is 4.89. The summed E-state index contributed by atoms with van der Waals surface area (Å²) < 4.78 is 5.02. The van der Waals surface area contributed by atoms with Gasteiger partial charge in [-0.15, -0.1) is 11.8 Å². The number of H-pyrrole nitrogens is 1. The third-order valence-electron chi connectivity index (χ3n) is 3.25. The van der Waals surface area contributed by atoms with Crippen molar-refractivity contribution in [2.75, 3.05) is 23.8 Å². The SMILES string of the molecule is CCCSc1ccc2nc(N3CC(CO)OC3=O)[nH]c2c1. The van der Waals surface area contributed by atoms with Crippen LogP contribution in [0.5, 0.6) is 0 Å². The minimum Gasteiger partial charge on any atom is -0.441 e. The number of imidazole rings is 1. The zero-order valence-corrected chi connectivity index (χ0v) is 12.5. The van der Waals surface area contributed by atoms with E-state index in [1.807, 2.05) is 18.2 Å². The summed E-state index contributed by atoms with van der Waals surface area (Å²) in [7, 11) is 0. The first kappa shape index (κ1) is 14.2. The maximum Gasteiger partial charge on any atom is 0.417 e. The molecule has 2 N–H and O–H groups in total. The number of fused-ring (bicyclic) bond motifs is 1. The van der Waals surface area contributed by atoms with Crippen molar-refractivity contribution < 1.29 is 14.6 Å². The van der Waals surface area contributed by atoms with Crippen molar-refractivity contribution in [1.29, 1.82) is 0 Å². The Bertz CT molecular complexity index is 658. The first-order valence-corrected chi connectivity index (χ1v) is 7.91. The second-order valence-corrected chi connectivity index (χ2v) is 6.06. The largest absolute Gasteiger partial charge is 0.441 e. The number of thioether (sulfide) groups is 1. The fourth-order valence-electron chi connectivity index (χ4n) is 2.20. The van der Waals surface area contributed by atoms with E-state index in [-0.39, 0.29) is 6.61 Å². The summed E-state index contributed by atoms with van der Waals surface area (Å²) in [6.45, 7) is 2.28. The maximum atomic E-state index is 11.8. The summed E-state index contributed by atoms with van der Waals surface area (Å²) in [5.74, 6) is 1.53. The number of cyclic esters (lactones) is 1. The normalized spacial score (nSPS) is 18.5. The number of anilines is 1. The number of benzene rings is 1. The number of aliphatic hydroxyl groups excluding tert-OH is 1. The molecule has 0 spiro atoms. The minimum absolute atomic E-state index is 0.180. The Labute approximate surface area is 126 Å². The van der Waals surface area contributed by atoms with Crippen molar-refractivity contribution in [2.45, 2.75) is 24.3 Å². The summed E-state index contributed by atoms with van der Waals surface area (Å²) in [5, 5.41) is 9.07. The molecule has 6 nitrogen and oxygen atoms in total. The topological polar surface area (TPSA) is 78.5 Å². The Morgan fingerprint density at radius 2 is 2.43 bits per heavy atom. The van der Waals surface area contributed by atoms with Crippen molar-refractivity contribution in [1.82, 2.24) is 9.97 Å². The van der Waals surface area contributed by atoms with Gasteiger partial charge in [0.1, 0.15) is 6.10 Å². The number of hydrogen-bond donors (Lipinski definition) is 2. The van der Waals surface area contributed by atoms with Gasteiger partial charge in [-0.05, 0) is 30.4 Å². The van der Waals surface area contributed by atoms with Crippen LogP contribution in [0.4, 0.5) is 10.7 Å². The smallest absolute Gasteiger partial charge is 0.417 e. The average molecular weight is 307 g/mol. The molecule has 1 fully saturated rings. The first-order valence-electron chi connectivity index (χ1n) is 6.93. The molecule has 1 aliphatic rings. The molecule has 112 valence electrons. The number of carbonyl (C=O) groups is 1. The Hall–Kier alpha value is -1.73. The molecule has 7 heteroatoms. The molecule has 1 unspecified atom stereocenters. The lowest BCUT2D eigenvalue weighted by molar-refractivity contribution is 0.0963. The van der Waals surface area contributed by atoms with Gasteiger partial charge in [0.2, 0.25) is 5.95 Å². The number of nitrogens with zero attached hydrogens (tertiary/aromatic N) is 2. The molecule has 1 atom stereocenters. The van der Waals surface area contributed by atoms with E-state index in [0.717, 1.165) is 23.2 Å². The van der Waals surface area contributed by atoms with Gasteiger partial charge in [-0.2, -0.15) is 0 Å². The highest BCUT2D eigenvalue weighted by atomic mass is 32.2. The van der Waals surface area contributed by atoms with Gasteiger partial charge < -0.3 is 14.8 Å². The molecule has 1 aromatic heterocycles. The third kappa shape index (κ3) is 2.84. The number of aliphatic hydroxyl groups is 1. The van der Waals surface area contributed by atoms with Crippen molar-refractivity contribution in [3.8, 4) is 0 Å². The Balaban J connectivity index is 1.85. The van der Waals surface area contributed by atoms with Gasteiger partial charge in [-0.1, -0.05) is 6.92 Å². The van der Waals surface area contributed by atoms with Crippen LogP contribution in [0.15, 0.2) is 23.1 Å². The number of nitrogens with one attached hydrogen (secondary N) is 1. The number of ether oxygens (including phenoxy) is 1. The molecule has 1 saturated heterocycles. The summed E-state index contributed by atoms with van der Waals surface area (Å²) in [6.07, 6.45) is 0.161. The highest BCUT2D eigenvalue weighted by molar-refractivity contribution is 7.99. The molecular weight excluding hydrogens is 290 g/mol. The number of carbonyl (C=O) groups excluding carboxylic acids is 1. The highest BCUT2D eigenvalue weighted by Crippen LogP contribution is 2.26. The van der Waals surface area contributed by atoms with Crippen LogP contribution < -0.4 is 4.90 Å². The van der Waals surface area contributed by atoms with Crippen molar-refractivity contribution >= 4 is 34.8 Å². The van der Waals surface area contributed by atoms with E-state index in [9.17, 15) is 4.79 Å². The van der Waals surface area contributed by atoms with Crippen LogP contribution in [0.1, 0.15) is 13.3 Å². The lowest BCUT2D eigenvalue weighted by Gasteiger charge is -2.07. The van der Waals surface area contributed by atoms with Gasteiger partial charge >= 0.3 is 6.09 Å². The molecule has 21 heavy (non-hydrogen) atoms. The van der Waals surface area contributed by atoms with Crippen LogP contribution in [-0.4, -0.2) is 46.2 Å². The van der Waals surface area contributed by atoms with Gasteiger partial charge in [0, 0.05) is 4.90 Å². The number of aromatic nitrogens is 2. The summed E-state index contributed by atoms with van der Waals surface area (Å²) in [6, 6.07) is 6.02. The lowest BCUT2D eigenvalue weighted by atomic mass is 10.3. The molecule has 0 aliphatic carbocycles. The summed E-state index contributed by atoms with van der Waals surface area (Å²) in [5.41, 5.74) is 1.71. The van der Waals surface area contributed by atoms with Crippen LogP contribution in [0.3, 0.4) is 0 Å². The van der Waals surface area contributed by atoms with Crippen LogP contribution >= 0.6 is 11.8 Å². The summed E-state index contributed by atoms with van der Waals surface area (Å²) >= 11 is 1.80. The van der Waals surface area contributed by atoms with Gasteiger partial charge in [0.15, 0.2) is 0 Å². The van der Waals surface area contributed by atoms with E-state index >= 15 is 0 Å². The van der Waals surface area contributed by atoms with E-state index in [1.165, 1.54) is 9.80 Å². The number of aromatic amines is 1. The summed E-state index contributed by atoms with van der Waals surface area (Å²) in [4.78, 5) is 21.9. The number of hydrogen-bond acceptors (Lipinski definition) is 5. The minimum atomic E-state index is -0.485. The molecule has 1 aromatic carbocycles. The first-order chi connectivity index (χ1) is 10.2. The highest BCUT2D eigenvalue weighted by Gasteiger charge is 2.33. The van der Waals surface area contributed by atoms with E-state index in [0.29, 0.717) is 12.5 Å². The maximum absolute atomic E-state index is 11.8. The van der Waals surface area contributed by atoms with Crippen LogP contribution in [0, 0.1) is 0 Å². The second kappa shape index (κ2) is 5.95. The Morgan fingerprint density at radius 1 is 1.57 bits per heavy atom. The molecule has 2 heterocycles. The van der Waals surface area contributed by atoms with Gasteiger partial charge in [0.25, 0.3) is 0 Å². The molecule has 3 rings (SSSR count). The van der Waals surface area contributed by atoms with Crippen molar-refractivity contribution in [3.05, 3.63) is 18.2 Å². The van der Waals surface area contributed by atoms with E-state index in [2.05, 4.69) is 16.9 Å². The van der Waals surface area contributed by atoms with Gasteiger partial charge in [-0.3, -0.25) is 0 Å². The van der Waals surface area contributed by atoms with E-state index < -0.39 is 12.2 Å². The van der Waals surface area contributed by atoms with Gasteiger partial charge in [-0.25, -0.2) is 14.7 Å². The average Bonchev–Trinajstić information content (AvgIpc) is 3.07. The van der Waals surface area contributed by atoms with Crippen LogP contribution in [0.25, 0.3) is 11.0 Å². The zero-order valence-electron chi connectivity index (χ0n) is 11.7. The fraction of sp³-hybridized carbons (Fsp3) is 0.429. The van der Waals surface area contributed by atoms with Crippen LogP contribution in [0.2, 0.25) is 0 Å². The molecular formula is C14H17N3O3S. The number of amides is 1. The predicted molar refractivity (Wildman–Crippen MR) is 81.8 cm³/mol. The molecule has 0 radical (unpaired) electrons. The van der Waals surface area contributed by atoms with Crippen molar-refractivity contribution in [2.24, 2.45) is 0 Å². The molecule has 0 saturated carbocycles. The third-order valence-corrected chi connectivity index (χ3v) is 4.45. The van der Waals surface area contributed by atoms with Crippen LogP contribution in [-0.2, 0) is 4.74 Å². The molecule has 0 bridgehead atoms. The number of rotatable bonds is 5. The van der Waals surface area contributed by atoms with Gasteiger partial charge in [0.05, 0.1) is 24.2 Å². The Morgan fingerprint density at radius 3 is 3.14 bits per heavy atom. The quantitative estimate of drug-likeness (QED) is 0.829. The van der Waals surface area contributed by atoms with E-state index in [4.69, 9.17) is 9.84 Å². The Kier molecular flexibility index (Phi) is 4.03. The lowest BCUT2D eigenvalue weighted by Crippen LogP contribution is -2.26. The van der Waals surface area contributed by atoms with Crippen molar-refractivity contribution in [3.63, 3.8) is 0 Å². The molecule has 1 amide bonds. The fourth-order valence-corrected chi connectivity index (χ4v) is 3.01. The zero-order chi connectivity index (χ0) is 14.8. The standard InChI is InChI=1S/C14H17N3O3S/c1-2-5-21-10-3-4-11-12(6-10)16-13(15-11)17-7-9(8-18)20-14(17)19/h3-4,6,9,18H,2,5,7-8H2,1H3,(H,15,16). The predicted octanol–water partition coefficient (Wildman–Crippen LogP) is 2.38. The van der Waals surface area contributed by atoms with E-state index in [1.54, 1.807) is 11.8 Å². The monoisotopic (exact) mass is 307 g/mol. The molecule has 2 aromatic rings.